The molecule has 4 aliphatic carbocycles. The Labute approximate surface area is 372 Å². The standard InChI is InChI=1S/C45H70O19/c1-18-6-11-45(57-17-18)19(2)29-25(64-45)12-23-21-7-10-44(56)14-26(24(48)13-43(44,5)22(21)8-9-42(23,29)4)59-41-38(63-39-35(54)33(52)30(49)20(3)58-39)37(32(51)28(16-47)61-41)62-40-36(55)34(53)31(50)27(15-46)60-40/h7-8,18-20,23-41,46-56H,6,9-17H2,1-5H3. The summed E-state index contributed by atoms with van der Waals surface area (Å²) in [6.07, 6.45) is -19.2. The number of hydrogen-bond donors (Lipinski definition) is 11. The highest BCUT2D eigenvalue weighted by atomic mass is 16.8. The molecule has 11 N–H and O–H groups in total. The molecule has 1 spiro atoms. The average molecular weight is 915 g/mol. The zero-order valence-electron chi connectivity index (χ0n) is 37.1. The Balaban J connectivity index is 0.978. The van der Waals surface area contributed by atoms with Gasteiger partial charge in [-0.05, 0) is 73.3 Å². The van der Waals surface area contributed by atoms with Crippen molar-refractivity contribution in [3.05, 3.63) is 23.3 Å². The van der Waals surface area contributed by atoms with Crippen LogP contribution in [0.4, 0.5) is 0 Å². The molecule has 64 heavy (non-hydrogen) atoms. The summed E-state index contributed by atoms with van der Waals surface area (Å²) in [5.41, 5.74) is -0.260. The second kappa shape index (κ2) is 17.3. The maximum absolute atomic E-state index is 12.8. The summed E-state index contributed by atoms with van der Waals surface area (Å²) >= 11 is 0. The molecule has 0 aromatic carbocycles. The van der Waals surface area contributed by atoms with E-state index in [4.69, 9.17) is 37.9 Å². The van der Waals surface area contributed by atoms with E-state index in [0.717, 1.165) is 31.3 Å². The van der Waals surface area contributed by atoms with Crippen molar-refractivity contribution in [2.75, 3.05) is 19.8 Å². The number of allylic oxidation sites excluding steroid dienone is 2. The Morgan fingerprint density at radius 3 is 2.02 bits per heavy atom. The van der Waals surface area contributed by atoms with Crippen LogP contribution in [0.5, 0.6) is 0 Å². The van der Waals surface area contributed by atoms with Crippen LogP contribution in [-0.2, 0) is 37.9 Å². The maximum atomic E-state index is 12.8. The Morgan fingerprint density at radius 1 is 0.703 bits per heavy atom. The van der Waals surface area contributed by atoms with Crippen LogP contribution in [0, 0.1) is 34.5 Å². The SMILES string of the molecule is CC1CCC2(OC1)OC1CC3C4=CCC5(O)CC(OC6OC(CO)C(O)C(OC7OC(CO)C(O)C(O)C7O)C6OC6OC(C)C(O)C(O)C6O)C(O)CC5(C)C4=CCC3(C)C1C2C. The Kier molecular flexibility index (Phi) is 12.9. The van der Waals surface area contributed by atoms with E-state index in [0.29, 0.717) is 12.5 Å². The zero-order chi connectivity index (χ0) is 46.0. The monoisotopic (exact) mass is 914 g/mol. The molecule has 19 nitrogen and oxygen atoms in total. The summed E-state index contributed by atoms with van der Waals surface area (Å²) in [4.78, 5) is 0. The second-order valence-corrected chi connectivity index (χ2v) is 21.0. The summed E-state index contributed by atoms with van der Waals surface area (Å²) in [6.45, 7) is 9.35. The normalized spacial score (nSPS) is 57.3. The van der Waals surface area contributed by atoms with Crippen molar-refractivity contribution in [2.45, 2.75) is 201 Å². The average Bonchev–Trinajstić information content (AvgIpc) is 3.71. The van der Waals surface area contributed by atoms with Crippen LogP contribution in [0.1, 0.15) is 79.6 Å². The van der Waals surface area contributed by atoms with Crippen molar-refractivity contribution in [1.82, 2.24) is 0 Å². The number of aliphatic hydroxyl groups excluding tert-OH is 10. The van der Waals surface area contributed by atoms with E-state index in [-0.39, 0.29) is 48.5 Å². The minimum absolute atomic E-state index is 0.0347. The van der Waals surface area contributed by atoms with Crippen LogP contribution in [-0.4, -0.2) is 198 Å². The van der Waals surface area contributed by atoms with Crippen molar-refractivity contribution in [3.63, 3.8) is 0 Å². The predicted octanol–water partition coefficient (Wildman–Crippen LogP) is -1.78. The fourth-order valence-corrected chi connectivity index (χ4v) is 13.2. The van der Waals surface area contributed by atoms with Gasteiger partial charge in [-0.2, -0.15) is 0 Å². The number of hydrogen-bond acceptors (Lipinski definition) is 19. The van der Waals surface area contributed by atoms with Crippen molar-refractivity contribution in [3.8, 4) is 0 Å². The first kappa shape index (κ1) is 47.8. The van der Waals surface area contributed by atoms with Gasteiger partial charge in [-0.25, -0.2) is 0 Å². The highest BCUT2D eigenvalue weighted by molar-refractivity contribution is 5.49. The highest BCUT2D eigenvalue weighted by Crippen LogP contribution is 2.69. The molecule has 7 fully saturated rings. The molecule has 364 valence electrons. The first-order chi connectivity index (χ1) is 30.2. The van der Waals surface area contributed by atoms with Gasteiger partial charge in [-0.3, -0.25) is 0 Å². The second-order valence-electron chi connectivity index (χ2n) is 21.0. The van der Waals surface area contributed by atoms with Gasteiger partial charge in [0, 0.05) is 24.2 Å². The Bertz CT molecular complexity index is 1760. The summed E-state index contributed by atoms with van der Waals surface area (Å²) in [5.74, 6) is 0.601. The molecule has 5 heterocycles. The topological polar surface area (TPSA) is 296 Å². The lowest BCUT2D eigenvalue weighted by atomic mass is 9.49. The van der Waals surface area contributed by atoms with E-state index in [1.807, 2.05) is 6.92 Å². The van der Waals surface area contributed by atoms with Crippen molar-refractivity contribution in [1.29, 1.82) is 0 Å². The van der Waals surface area contributed by atoms with Gasteiger partial charge in [0.1, 0.15) is 67.1 Å². The lowest BCUT2D eigenvalue weighted by Gasteiger charge is -2.59. The molecule has 0 radical (unpaired) electrons. The molecule has 9 aliphatic rings. The van der Waals surface area contributed by atoms with Gasteiger partial charge >= 0.3 is 0 Å². The summed E-state index contributed by atoms with van der Waals surface area (Å²) < 4.78 is 49.5. The number of fused-ring (bicyclic) bond motifs is 7. The molecule has 26 atom stereocenters. The molecule has 5 saturated heterocycles. The van der Waals surface area contributed by atoms with E-state index >= 15 is 0 Å². The van der Waals surface area contributed by atoms with Gasteiger partial charge in [-0.15, -0.1) is 0 Å². The van der Waals surface area contributed by atoms with Crippen LogP contribution >= 0.6 is 0 Å². The van der Waals surface area contributed by atoms with Gasteiger partial charge in [0.15, 0.2) is 24.7 Å². The fraction of sp³-hybridized carbons (Fsp3) is 0.911. The van der Waals surface area contributed by atoms with E-state index in [9.17, 15) is 56.2 Å². The minimum atomic E-state index is -1.93. The van der Waals surface area contributed by atoms with Crippen LogP contribution in [0.25, 0.3) is 0 Å². The summed E-state index contributed by atoms with van der Waals surface area (Å²) in [5, 5.41) is 121. The van der Waals surface area contributed by atoms with Gasteiger partial charge in [-0.1, -0.05) is 39.8 Å². The van der Waals surface area contributed by atoms with Gasteiger partial charge in [0.05, 0.1) is 49.8 Å². The first-order valence-corrected chi connectivity index (χ1v) is 23.2. The van der Waals surface area contributed by atoms with Crippen molar-refractivity contribution >= 4 is 0 Å². The zero-order valence-corrected chi connectivity index (χ0v) is 37.1. The third-order valence-corrected chi connectivity index (χ3v) is 17.3. The lowest BCUT2D eigenvalue weighted by Crippen LogP contribution is -2.68. The van der Waals surface area contributed by atoms with Gasteiger partial charge in [0.25, 0.3) is 0 Å². The van der Waals surface area contributed by atoms with E-state index in [1.54, 1.807) is 0 Å². The molecule has 0 amide bonds. The highest BCUT2D eigenvalue weighted by Gasteiger charge is 2.69. The van der Waals surface area contributed by atoms with Crippen molar-refractivity contribution < 1.29 is 94.1 Å². The number of rotatable bonds is 8. The number of ether oxygens (including phenoxy) is 8. The molecule has 19 heteroatoms. The Morgan fingerprint density at radius 2 is 1.34 bits per heavy atom. The predicted molar refractivity (Wildman–Crippen MR) is 217 cm³/mol. The third kappa shape index (κ3) is 7.43. The first-order valence-electron chi connectivity index (χ1n) is 23.2. The lowest BCUT2D eigenvalue weighted by molar-refractivity contribution is -0.397. The third-order valence-electron chi connectivity index (χ3n) is 17.3. The van der Waals surface area contributed by atoms with E-state index in [1.165, 1.54) is 12.5 Å². The fourth-order valence-electron chi connectivity index (χ4n) is 13.2. The van der Waals surface area contributed by atoms with Crippen LogP contribution in [0.15, 0.2) is 23.3 Å². The molecule has 5 aliphatic heterocycles. The quantitative estimate of drug-likeness (QED) is 0.128. The number of aliphatic hydroxyl groups is 11. The molecule has 2 saturated carbocycles. The van der Waals surface area contributed by atoms with Crippen molar-refractivity contribution in [2.24, 2.45) is 34.5 Å². The molecular formula is C45H70O19. The van der Waals surface area contributed by atoms with E-state index in [2.05, 4.69) is 32.9 Å². The maximum Gasteiger partial charge on any atom is 0.187 e. The summed E-state index contributed by atoms with van der Waals surface area (Å²) in [6, 6.07) is 0. The van der Waals surface area contributed by atoms with Crippen LogP contribution < -0.4 is 0 Å². The van der Waals surface area contributed by atoms with Gasteiger partial charge < -0.3 is 94.1 Å². The van der Waals surface area contributed by atoms with Crippen LogP contribution in [0.3, 0.4) is 0 Å². The van der Waals surface area contributed by atoms with Crippen LogP contribution in [0.2, 0.25) is 0 Å². The minimum Gasteiger partial charge on any atom is -0.394 e. The molecule has 0 aromatic rings. The molecule has 26 unspecified atom stereocenters. The largest absolute Gasteiger partial charge is 0.394 e. The van der Waals surface area contributed by atoms with E-state index < -0.39 is 134 Å². The van der Waals surface area contributed by atoms with Gasteiger partial charge in [0.2, 0.25) is 0 Å². The molecule has 9 rings (SSSR count). The summed E-state index contributed by atoms with van der Waals surface area (Å²) in [7, 11) is 0. The molecule has 0 bridgehead atoms. The Hall–Kier alpha value is -1.28. The molecule has 0 aromatic heterocycles. The molecular weight excluding hydrogens is 844 g/mol. The smallest absolute Gasteiger partial charge is 0.187 e.